The molecule has 0 bridgehead atoms. The van der Waals surface area contributed by atoms with Gasteiger partial charge in [-0.25, -0.2) is 4.79 Å². The van der Waals surface area contributed by atoms with E-state index in [-0.39, 0.29) is 43.2 Å². The van der Waals surface area contributed by atoms with Crippen molar-refractivity contribution in [3.05, 3.63) is 35.9 Å². The van der Waals surface area contributed by atoms with Crippen molar-refractivity contribution in [2.45, 2.75) is 109 Å². The molecule has 1 fully saturated rings. The summed E-state index contributed by atoms with van der Waals surface area (Å²) in [6.07, 6.45) is 4.36. The normalized spacial score (nSPS) is 15.8. The van der Waals surface area contributed by atoms with Crippen molar-refractivity contribution in [1.82, 2.24) is 26.6 Å². The largest absolute Gasteiger partial charge is 0.390 e. The average Bonchev–Trinajstić information content (AvgIpc) is 3.47. The van der Waals surface area contributed by atoms with Crippen LogP contribution in [-0.2, 0) is 20.8 Å². The van der Waals surface area contributed by atoms with E-state index in [0.717, 1.165) is 31.2 Å². The van der Waals surface area contributed by atoms with E-state index in [0.29, 0.717) is 25.8 Å². The first-order valence-electron chi connectivity index (χ1n) is 15.7. The SMILES string of the molecule is CC(C)C[C@H](NC(=O)[C@H](C)NC(=O)[C@H](CCCN=C(N)N)NC(=O)NC1CCCC1)[C@@H](O)CC(=O)NCCc1ccccc1. The number of rotatable bonds is 18. The van der Waals surface area contributed by atoms with Gasteiger partial charge in [0.05, 0.1) is 18.6 Å². The monoisotopic (exact) mass is 616 g/mol. The summed E-state index contributed by atoms with van der Waals surface area (Å²) in [7, 11) is 0. The van der Waals surface area contributed by atoms with Crippen LogP contribution >= 0.6 is 0 Å². The van der Waals surface area contributed by atoms with Crippen LogP contribution in [0, 0.1) is 5.92 Å². The minimum absolute atomic E-state index is 0.0639. The number of carbonyl (C=O) groups excluding carboxylic acids is 4. The minimum atomic E-state index is -1.12. The van der Waals surface area contributed by atoms with Crippen molar-refractivity contribution in [3.8, 4) is 0 Å². The number of nitrogens with two attached hydrogens (primary N) is 2. The van der Waals surface area contributed by atoms with Gasteiger partial charge in [0.25, 0.3) is 0 Å². The summed E-state index contributed by atoms with van der Waals surface area (Å²) >= 11 is 0. The number of carbonyl (C=O) groups is 4. The molecule has 0 radical (unpaired) electrons. The average molecular weight is 617 g/mol. The quantitative estimate of drug-likeness (QED) is 0.0674. The first-order chi connectivity index (χ1) is 20.9. The zero-order valence-electron chi connectivity index (χ0n) is 26.3. The van der Waals surface area contributed by atoms with Gasteiger partial charge in [0.15, 0.2) is 5.96 Å². The summed E-state index contributed by atoms with van der Waals surface area (Å²) < 4.78 is 0. The van der Waals surface area contributed by atoms with Crippen LogP contribution < -0.4 is 38.1 Å². The molecule has 1 aliphatic carbocycles. The number of amides is 5. The second-order valence-corrected chi connectivity index (χ2v) is 11.9. The first-order valence-corrected chi connectivity index (χ1v) is 15.7. The van der Waals surface area contributed by atoms with Gasteiger partial charge in [-0.2, -0.15) is 0 Å². The second kappa shape index (κ2) is 19.4. The topological polar surface area (TPSA) is 213 Å². The number of aliphatic hydroxyl groups is 1. The molecular weight excluding hydrogens is 564 g/mol. The fourth-order valence-electron chi connectivity index (χ4n) is 5.13. The third-order valence-corrected chi connectivity index (χ3v) is 7.50. The minimum Gasteiger partial charge on any atom is -0.390 e. The summed E-state index contributed by atoms with van der Waals surface area (Å²) in [5.41, 5.74) is 11.9. The molecule has 0 unspecified atom stereocenters. The van der Waals surface area contributed by atoms with Crippen LogP contribution in [0.3, 0.4) is 0 Å². The molecule has 0 aromatic heterocycles. The molecule has 0 heterocycles. The number of benzene rings is 1. The highest BCUT2D eigenvalue weighted by Gasteiger charge is 2.29. The van der Waals surface area contributed by atoms with Gasteiger partial charge >= 0.3 is 6.03 Å². The lowest BCUT2D eigenvalue weighted by atomic mass is 9.96. The Morgan fingerprint density at radius 3 is 2.30 bits per heavy atom. The molecule has 4 atom stereocenters. The molecular formula is C31H52N8O5. The van der Waals surface area contributed by atoms with Crippen molar-refractivity contribution in [3.63, 3.8) is 0 Å². The van der Waals surface area contributed by atoms with Gasteiger partial charge in [0.1, 0.15) is 12.1 Å². The van der Waals surface area contributed by atoms with Crippen LogP contribution in [0.1, 0.15) is 77.7 Å². The van der Waals surface area contributed by atoms with Gasteiger partial charge in [-0.15, -0.1) is 0 Å². The Bertz CT molecular complexity index is 1070. The van der Waals surface area contributed by atoms with E-state index in [1.807, 2.05) is 44.2 Å². The van der Waals surface area contributed by atoms with Crippen LogP contribution in [0.2, 0.25) is 0 Å². The standard InChI is InChI=1S/C31H52N8O5/c1-20(2)18-25(26(40)19-27(41)34-17-15-22-10-5-4-6-11-22)38-28(42)21(3)36-29(43)24(14-9-16-35-30(32)33)39-31(44)37-23-12-7-8-13-23/h4-6,10-11,20-21,23-26,40H,7-9,12-19H2,1-3H3,(H,34,41)(H,36,43)(H,38,42)(H4,32,33,35)(H2,37,39,44)/t21-,24-,25-,26-/m0/s1. The number of aliphatic hydroxyl groups excluding tert-OH is 1. The lowest BCUT2D eigenvalue weighted by Crippen LogP contribution is -2.56. The van der Waals surface area contributed by atoms with E-state index < -0.39 is 42.1 Å². The Labute approximate surface area is 260 Å². The molecule has 1 aromatic rings. The highest BCUT2D eigenvalue weighted by molar-refractivity contribution is 5.91. The fourth-order valence-corrected chi connectivity index (χ4v) is 5.13. The van der Waals surface area contributed by atoms with E-state index in [1.165, 1.54) is 6.92 Å². The molecule has 0 spiro atoms. The zero-order chi connectivity index (χ0) is 32.5. The van der Waals surface area contributed by atoms with Crippen molar-refractivity contribution < 1.29 is 24.3 Å². The van der Waals surface area contributed by atoms with E-state index in [4.69, 9.17) is 11.5 Å². The summed E-state index contributed by atoms with van der Waals surface area (Å²) in [5, 5.41) is 24.8. The molecule has 44 heavy (non-hydrogen) atoms. The maximum absolute atomic E-state index is 13.2. The molecule has 246 valence electrons. The highest BCUT2D eigenvalue weighted by Crippen LogP contribution is 2.17. The maximum Gasteiger partial charge on any atom is 0.315 e. The number of guanidine groups is 1. The Balaban J connectivity index is 1.93. The Kier molecular flexibility index (Phi) is 16.0. The molecule has 13 nitrogen and oxygen atoms in total. The predicted molar refractivity (Wildman–Crippen MR) is 170 cm³/mol. The van der Waals surface area contributed by atoms with Crippen LogP contribution in [-0.4, -0.2) is 78.2 Å². The third-order valence-electron chi connectivity index (χ3n) is 7.50. The fraction of sp³-hybridized carbons (Fsp3) is 0.645. The summed E-state index contributed by atoms with van der Waals surface area (Å²) in [6.45, 7) is 6.14. The van der Waals surface area contributed by atoms with Crippen molar-refractivity contribution in [1.29, 1.82) is 0 Å². The molecule has 1 saturated carbocycles. The third kappa shape index (κ3) is 14.5. The van der Waals surface area contributed by atoms with Crippen LogP contribution in [0.25, 0.3) is 0 Å². The maximum atomic E-state index is 13.2. The smallest absolute Gasteiger partial charge is 0.315 e. The van der Waals surface area contributed by atoms with Gasteiger partial charge in [0, 0.05) is 19.1 Å². The molecule has 0 saturated heterocycles. The molecule has 2 rings (SSSR count). The lowest BCUT2D eigenvalue weighted by Gasteiger charge is -2.28. The number of urea groups is 1. The zero-order valence-corrected chi connectivity index (χ0v) is 26.3. The summed E-state index contributed by atoms with van der Waals surface area (Å²) in [5.74, 6) is -1.30. The highest BCUT2D eigenvalue weighted by atomic mass is 16.3. The van der Waals surface area contributed by atoms with Gasteiger partial charge in [-0.05, 0) is 56.9 Å². The molecule has 13 heteroatoms. The first kappa shape index (κ1) is 36.3. The Hall–Kier alpha value is -3.87. The van der Waals surface area contributed by atoms with Gasteiger partial charge in [-0.1, -0.05) is 57.0 Å². The van der Waals surface area contributed by atoms with Crippen LogP contribution in [0.5, 0.6) is 0 Å². The lowest BCUT2D eigenvalue weighted by molar-refractivity contribution is -0.131. The predicted octanol–water partition coefficient (Wildman–Crippen LogP) is 0.796. The molecule has 5 amide bonds. The van der Waals surface area contributed by atoms with E-state index >= 15 is 0 Å². The van der Waals surface area contributed by atoms with Crippen molar-refractivity contribution >= 4 is 29.7 Å². The van der Waals surface area contributed by atoms with Gasteiger partial charge < -0.3 is 43.2 Å². The number of hydrogen-bond donors (Lipinski definition) is 8. The van der Waals surface area contributed by atoms with Gasteiger partial charge in [0.2, 0.25) is 17.7 Å². The van der Waals surface area contributed by atoms with Crippen LogP contribution in [0.15, 0.2) is 35.3 Å². The van der Waals surface area contributed by atoms with E-state index in [1.54, 1.807) is 0 Å². The van der Waals surface area contributed by atoms with Crippen molar-refractivity contribution in [2.24, 2.45) is 22.4 Å². The number of nitrogens with zero attached hydrogens (tertiary/aromatic N) is 1. The van der Waals surface area contributed by atoms with E-state index in [2.05, 4.69) is 31.6 Å². The van der Waals surface area contributed by atoms with Gasteiger partial charge in [-0.3, -0.25) is 19.4 Å². The van der Waals surface area contributed by atoms with Crippen LogP contribution in [0.4, 0.5) is 4.79 Å². The second-order valence-electron chi connectivity index (χ2n) is 11.9. The molecule has 1 aromatic carbocycles. The Morgan fingerprint density at radius 2 is 1.66 bits per heavy atom. The summed E-state index contributed by atoms with van der Waals surface area (Å²) in [6, 6.07) is 6.78. The molecule has 1 aliphatic rings. The summed E-state index contributed by atoms with van der Waals surface area (Å²) in [4.78, 5) is 55.4. The van der Waals surface area contributed by atoms with E-state index in [9.17, 15) is 24.3 Å². The van der Waals surface area contributed by atoms with Crippen molar-refractivity contribution in [2.75, 3.05) is 13.1 Å². The number of hydrogen-bond acceptors (Lipinski definition) is 6. The Morgan fingerprint density at radius 1 is 0.977 bits per heavy atom. The number of aliphatic imine (C=N–C) groups is 1. The molecule has 0 aliphatic heterocycles. The number of nitrogens with one attached hydrogen (secondary N) is 5. The molecule has 10 N–H and O–H groups in total.